The molecular formula is C43H64N12O10. The number of aliphatic carboxylic acids is 1. The van der Waals surface area contributed by atoms with E-state index in [9.17, 15) is 48.9 Å². The highest BCUT2D eigenvalue weighted by Crippen LogP contribution is 2.29. The van der Waals surface area contributed by atoms with Crippen molar-refractivity contribution >= 4 is 47.4 Å². The number of aryl methyl sites for hydroxylation is 1. The van der Waals surface area contributed by atoms with Gasteiger partial charge in [0, 0.05) is 32.3 Å². The maximum absolute atomic E-state index is 14.6. The van der Waals surface area contributed by atoms with Crippen LogP contribution in [0.1, 0.15) is 75.3 Å². The molecule has 1 saturated carbocycles. The van der Waals surface area contributed by atoms with Crippen LogP contribution in [0.2, 0.25) is 0 Å². The first-order valence-electron chi connectivity index (χ1n) is 22.3. The molecule has 65 heavy (non-hydrogen) atoms. The van der Waals surface area contributed by atoms with E-state index in [2.05, 4.69) is 42.0 Å². The van der Waals surface area contributed by atoms with Crippen molar-refractivity contribution in [3.63, 3.8) is 0 Å². The lowest BCUT2D eigenvalue weighted by atomic mass is 9.83. The minimum Gasteiger partial charge on any atom is -0.480 e. The summed E-state index contributed by atoms with van der Waals surface area (Å²) in [7, 11) is 0. The minimum absolute atomic E-state index is 0.0252. The number of nitrogens with two attached hydrogens (primary N) is 2. The summed E-state index contributed by atoms with van der Waals surface area (Å²) in [4.78, 5) is 102. The average molecular weight is 909 g/mol. The predicted molar refractivity (Wildman–Crippen MR) is 235 cm³/mol. The fraction of sp³-hybridized carbons (Fsp3) is 0.605. The lowest BCUT2D eigenvalue weighted by molar-refractivity contribution is -0.143. The number of nitrogens with one attached hydrogen (secondary N) is 6. The van der Waals surface area contributed by atoms with Crippen molar-refractivity contribution in [2.24, 2.45) is 22.4 Å². The molecule has 2 aromatic rings. The lowest BCUT2D eigenvalue weighted by Crippen LogP contribution is -2.60. The molecule has 1 unspecified atom stereocenters. The summed E-state index contributed by atoms with van der Waals surface area (Å²) in [6.45, 7) is 0.975. The number of nitrogens with zero attached hydrogens (tertiary/aromatic N) is 4. The Bertz CT molecular complexity index is 1990. The second kappa shape index (κ2) is 24.2. The molecule has 2 saturated heterocycles. The largest absolute Gasteiger partial charge is 0.480 e. The third kappa shape index (κ3) is 15.5. The summed E-state index contributed by atoms with van der Waals surface area (Å²) in [5, 5.41) is 51.5. The van der Waals surface area contributed by atoms with Crippen LogP contribution in [0.15, 0.2) is 47.7 Å². The summed E-state index contributed by atoms with van der Waals surface area (Å²) < 4.78 is 1.47. The first-order chi connectivity index (χ1) is 31.1. The number of carbonyl (C=O) groups is 7. The molecule has 2 aliphatic heterocycles. The van der Waals surface area contributed by atoms with E-state index in [0.29, 0.717) is 25.7 Å². The molecule has 0 bridgehead atoms. The van der Waals surface area contributed by atoms with E-state index in [1.165, 1.54) is 9.58 Å². The van der Waals surface area contributed by atoms with Crippen LogP contribution in [0, 0.1) is 12.8 Å². The van der Waals surface area contributed by atoms with Crippen molar-refractivity contribution in [2.45, 2.75) is 133 Å². The van der Waals surface area contributed by atoms with Gasteiger partial charge in [-0.2, -0.15) is 5.10 Å². The van der Waals surface area contributed by atoms with Crippen molar-refractivity contribution in [1.29, 1.82) is 0 Å². The Kier molecular flexibility index (Phi) is 18.6. The number of aromatic nitrogens is 2. The summed E-state index contributed by atoms with van der Waals surface area (Å²) in [6.07, 6.45) is 4.19. The maximum atomic E-state index is 14.6. The van der Waals surface area contributed by atoms with E-state index in [1.807, 2.05) is 6.92 Å². The van der Waals surface area contributed by atoms with Crippen LogP contribution in [0.4, 0.5) is 0 Å². The molecule has 1 aromatic heterocycles. The number of carboxylic acid groups (broad SMARTS) is 1. The number of hydrogen-bond acceptors (Lipinski definition) is 12. The molecule has 5 rings (SSSR count). The Labute approximate surface area is 377 Å². The molecule has 1 aromatic carbocycles. The van der Waals surface area contributed by atoms with Crippen LogP contribution in [0.5, 0.6) is 0 Å². The Balaban J connectivity index is 1.48. The molecule has 22 nitrogen and oxygen atoms in total. The minimum atomic E-state index is -1.31. The topological polar surface area (TPSA) is 338 Å². The number of carbonyl (C=O) groups excluding carboxylic acids is 6. The number of aliphatic hydroxyl groups is 2. The summed E-state index contributed by atoms with van der Waals surface area (Å²) in [5.74, 6) is -5.61. The summed E-state index contributed by atoms with van der Waals surface area (Å²) >= 11 is 0. The molecule has 3 heterocycles. The number of rotatable bonds is 15. The summed E-state index contributed by atoms with van der Waals surface area (Å²) in [5.41, 5.74) is 12.5. The normalized spacial score (nSPS) is 26.6. The van der Waals surface area contributed by atoms with Gasteiger partial charge >= 0.3 is 5.97 Å². The zero-order chi connectivity index (χ0) is 47.0. The van der Waals surface area contributed by atoms with Crippen molar-refractivity contribution in [3.05, 3.63) is 53.9 Å². The molecule has 0 radical (unpaired) electrons. The Hall–Kier alpha value is -6.13. The van der Waals surface area contributed by atoms with Gasteiger partial charge in [0.1, 0.15) is 30.2 Å². The van der Waals surface area contributed by atoms with E-state index in [4.69, 9.17) is 11.5 Å². The zero-order valence-corrected chi connectivity index (χ0v) is 36.7. The number of hydrogen-bond donors (Lipinski definition) is 11. The highest BCUT2D eigenvalue weighted by Gasteiger charge is 2.43. The molecular weight excluding hydrogens is 845 g/mol. The molecule has 0 spiro atoms. The maximum Gasteiger partial charge on any atom is 0.317 e. The van der Waals surface area contributed by atoms with Crippen molar-refractivity contribution in [3.8, 4) is 0 Å². The van der Waals surface area contributed by atoms with Gasteiger partial charge < -0.3 is 58.3 Å². The monoisotopic (exact) mass is 908 g/mol. The van der Waals surface area contributed by atoms with Gasteiger partial charge in [-0.15, -0.1) is 0 Å². The highest BCUT2D eigenvalue weighted by atomic mass is 16.4. The number of aliphatic imine (C=N–C) groups is 1. The van der Waals surface area contributed by atoms with Gasteiger partial charge in [0.15, 0.2) is 5.96 Å². The number of carboxylic acids is 1. The molecule has 13 N–H and O–H groups in total. The van der Waals surface area contributed by atoms with Crippen LogP contribution in [0.25, 0.3) is 0 Å². The van der Waals surface area contributed by atoms with Crippen molar-refractivity contribution in [1.82, 2.24) is 46.6 Å². The smallest absolute Gasteiger partial charge is 0.317 e. The van der Waals surface area contributed by atoms with E-state index >= 15 is 0 Å². The SMILES string of the molecule is Cc1cnn(C[C@@H]2NC(=O)[C@@H](CC3CCC(O)CC3)NC(=O)[C@@H]3C[C@@H](O)CN3C(=O)[C@@H](NC(=O)C(Cc3ccccc3)NCC(=O)O)CCCNC(=O)[C@H](CCCN=C(N)N)NC2=O)c1. The summed E-state index contributed by atoms with van der Waals surface area (Å²) in [6, 6.07) is 1.53. The quantitative estimate of drug-likeness (QED) is 0.0492. The second-order valence-electron chi connectivity index (χ2n) is 17.2. The molecule has 1 aliphatic carbocycles. The third-order valence-electron chi connectivity index (χ3n) is 11.9. The molecule has 22 heteroatoms. The molecule has 356 valence electrons. The average Bonchev–Trinajstić information content (AvgIpc) is 3.88. The van der Waals surface area contributed by atoms with Crippen LogP contribution in [-0.2, 0) is 46.5 Å². The van der Waals surface area contributed by atoms with E-state index < -0.39 is 96.4 Å². The van der Waals surface area contributed by atoms with Gasteiger partial charge in [-0.1, -0.05) is 30.3 Å². The van der Waals surface area contributed by atoms with Crippen LogP contribution >= 0.6 is 0 Å². The zero-order valence-electron chi connectivity index (χ0n) is 36.7. The fourth-order valence-corrected chi connectivity index (χ4v) is 8.47. The van der Waals surface area contributed by atoms with Gasteiger partial charge in [0.2, 0.25) is 35.4 Å². The number of amides is 6. The Morgan fingerprint density at radius 1 is 0.908 bits per heavy atom. The van der Waals surface area contributed by atoms with Gasteiger partial charge in [0.25, 0.3) is 0 Å². The molecule has 7 atom stereocenters. The van der Waals surface area contributed by atoms with Crippen LogP contribution in [-0.4, -0.2) is 152 Å². The number of aliphatic hydroxyl groups excluding tert-OH is 2. The fourth-order valence-electron chi connectivity index (χ4n) is 8.47. The molecule has 6 amide bonds. The van der Waals surface area contributed by atoms with Gasteiger partial charge in [-0.05, 0) is 88.2 Å². The van der Waals surface area contributed by atoms with Crippen molar-refractivity contribution < 1.29 is 48.9 Å². The van der Waals surface area contributed by atoms with E-state index in [1.54, 1.807) is 42.7 Å². The van der Waals surface area contributed by atoms with Crippen molar-refractivity contribution in [2.75, 3.05) is 26.2 Å². The molecule has 3 aliphatic rings. The standard InChI is InChI=1S/C43H64N12O10/c1-25-20-49-54(22-25)24-34-40(63)50-30(9-5-16-47-43(44)45)37(60)46-15-6-10-31(51-38(61)32(48-21-36(58)59)17-26-7-3-2-4-8-26)42(65)55-23-29(57)19-35(55)41(64)52-33(39(62)53-34)18-27-11-13-28(56)14-12-27/h2-4,7-8,20,22,27-35,48,56-57H,5-6,9-19,21,23-24H2,1H3,(H,46,60)(H,50,63)(H,51,61)(H,52,64)(H,53,62)(H,58,59)(H4,44,45,47)/t27?,28?,29-,30+,31+,32?,33-,34+,35+/m1/s1. The van der Waals surface area contributed by atoms with Gasteiger partial charge in [0.05, 0.1) is 37.5 Å². The lowest BCUT2D eigenvalue weighted by Gasteiger charge is -2.32. The van der Waals surface area contributed by atoms with Gasteiger partial charge in [-0.3, -0.25) is 48.6 Å². The highest BCUT2D eigenvalue weighted by molar-refractivity contribution is 5.97. The van der Waals surface area contributed by atoms with Crippen LogP contribution < -0.4 is 43.4 Å². The number of benzene rings is 1. The number of guanidine groups is 1. The first-order valence-corrected chi connectivity index (χ1v) is 22.3. The number of fused-ring (bicyclic) bond motifs is 1. The van der Waals surface area contributed by atoms with Gasteiger partial charge in [-0.25, -0.2) is 0 Å². The predicted octanol–water partition coefficient (Wildman–Crippen LogP) is -2.72. The van der Waals surface area contributed by atoms with Crippen LogP contribution in [0.3, 0.4) is 0 Å². The van der Waals surface area contributed by atoms with E-state index in [0.717, 1.165) is 11.1 Å². The Morgan fingerprint density at radius 2 is 1.60 bits per heavy atom. The van der Waals surface area contributed by atoms with E-state index in [-0.39, 0.29) is 83.0 Å². The first kappa shape index (κ1) is 49.9. The third-order valence-corrected chi connectivity index (χ3v) is 11.9. The molecule has 3 fully saturated rings. The second-order valence-corrected chi connectivity index (χ2v) is 17.2. The Morgan fingerprint density at radius 3 is 2.28 bits per heavy atom.